The van der Waals surface area contributed by atoms with Crippen molar-refractivity contribution in [3.63, 3.8) is 0 Å². The molecule has 0 bridgehead atoms. The van der Waals surface area contributed by atoms with Crippen LogP contribution in [0.2, 0.25) is 0 Å². The topological polar surface area (TPSA) is 132 Å². The van der Waals surface area contributed by atoms with Crippen molar-refractivity contribution in [3.05, 3.63) is 23.8 Å². The molecule has 0 radical (unpaired) electrons. The number of aryl methyl sites for hydroxylation is 2. The third kappa shape index (κ3) is 7.05. The average Bonchev–Trinajstić information content (AvgIpc) is 3.53. The maximum atomic E-state index is 11.2. The molecule has 0 saturated carbocycles. The standard InChI is InChI=1S/C22H32N6O6S2/c1-3-21(13-31-19(29)32-14-21)9-17-11-27(25-23-17)5-7-35-36-8-6-28-12-18(24-26-28)10-22(4-2)15-33-20(30)34-16-22/h11-12H,3-10,13-16H2,1-2H3. The molecule has 0 unspecified atom stereocenters. The molecule has 2 fully saturated rings. The van der Waals surface area contributed by atoms with Crippen LogP contribution in [0.25, 0.3) is 0 Å². The zero-order valence-corrected chi connectivity index (χ0v) is 22.2. The third-order valence-electron chi connectivity index (χ3n) is 6.66. The van der Waals surface area contributed by atoms with Crippen molar-refractivity contribution in [1.29, 1.82) is 0 Å². The minimum atomic E-state index is -0.602. The van der Waals surface area contributed by atoms with Gasteiger partial charge in [0.05, 0.1) is 24.5 Å². The SMILES string of the molecule is CCC1(Cc2cn(CCSSCCn3cc(CC4(CC)COC(=O)OC4)nn3)nn2)COC(=O)OC1. The number of hydrogen-bond donors (Lipinski definition) is 0. The molecule has 0 aliphatic carbocycles. The highest BCUT2D eigenvalue weighted by atomic mass is 33.1. The fourth-order valence-electron chi connectivity index (χ4n) is 4.08. The van der Waals surface area contributed by atoms with Gasteiger partial charge in [-0.15, -0.1) is 10.2 Å². The first-order valence-electron chi connectivity index (χ1n) is 12.0. The van der Waals surface area contributed by atoms with Crippen LogP contribution in [0.5, 0.6) is 0 Å². The summed E-state index contributed by atoms with van der Waals surface area (Å²) in [7, 11) is 3.56. The smallest absolute Gasteiger partial charge is 0.434 e. The van der Waals surface area contributed by atoms with Gasteiger partial charge in [-0.3, -0.25) is 9.36 Å². The normalized spacial score (nSPS) is 18.7. The zero-order valence-electron chi connectivity index (χ0n) is 20.6. The van der Waals surface area contributed by atoms with E-state index < -0.39 is 12.3 Å². The van der Waals surface area contributed by atoms with Crippen LogP contribution in [0, 0.1) is 10.8 Å². The fraction of sp³-hybridized carbons (Fsp3) is 0.727. The average molecular weight is 541 g/mol. The van der Waals surface area contributed by atoms with Crippen LogP contribution in [0.1, 0.15) is 38.1 Å². The molecule has 2 aliphatic heterocycles. The maximum absolute atomic E-state index is 11.2. The van der Waals surface area contributed by atoms with Crippen LogP contribution in [-0.2, 0) is 44.9 Å². The minimum Gasteiger partial charge on any atom is -0.434 e. The lowest BCUT2D eigenvalue weighted by molar-refractivity contribution is -0.0619. The summed E-state index contributed by atoms with van der Waals surface area (Å²) in [5.74, 6) is 1.79. The Balaban J connectivity index is 1.13. The van der Waals surface area contributed by atoms with Gasteiger partial charge in [-0.25, -0.2) is 9.59 Å². The van der Waals surface area contributed by atoms with Gasteiger partial charge in [0.25, 0.3) is 0 Å². The Morgan fingerprint density at radius 2 is 1.14 bits per heavy atom. The number of rotatable bonds is 13. The van der Waals surface area contributed by atoms with Gasteiger partial charge in [-0.05, 0) is 12.8 Å². The molecule has 0 atom stereocenters. The van der Waals surface area contributed by atoms with Crippen molar-refractivity contribution in [2.45, 2.75) is 52.6 Å². The molecule has 2 aromatic rings. The van der Waals surface area contributed by atoms with E-state index in [9.17, 15) is 9.59 Å². The summed E-state index contributed by atoms with van der Waals surface area (Å²) in [4.78, 5) is 22.4. The summed E-state index contributed by atoms with van der Waals surface area (Å²) in [5.41, 5.74) is 1.27. The Morgan fingerprint density at radius 3 is 1.50 bits per heavy atom. The molecule has 4 rings (SSSR count). The minimum absolute atomic E-state index is 0.241. The van der Waals surface area contributed by atoms with Gasteiger partial charge < -0.3 is 18.9 Å². The van der Waals surface area contributed by atoms with E-state index in [1.165, 1.54) is 0 Å². The second-order valence-electron chi connectivity index (χ2n) is 9.31. The summed E-state index contributed by atoms with van der Waals surface area (Å²) in [6.45, 7) is 7.02. The van der Waals surface area contributed by atoms with Crippen LogP contribution in [0.15, 0.2) is 12.4 Å². The highest BCUT2D eigenvalue weighted by Crippen LogP contribution is 2.32. The van der Waals surface area contributed by atoms with E-state index in [2.05, 4.69) is 34.5 Å². The summed E-state index contributed by atoms with van der Waals surface area (Å²) in [6, 6.07) is 0. The second kappa shape index (κ2) is 12.2. The van der Waals surface area contributed by atoms with Gasteiger partial charge in [0.15, 0.2) is 0 Å². The number of cyclic esters (lactones) is 4. The van der Waals surface area contributed by atoms with E-state index >= 15 is 0 Å². The third-order valence-corrected chi connectivity index (χ3v) is 9.03. The van der Waals surface area contributed by atoms with Gasteiger partial charge in [0.2, 0.25) is 0 Å². The first kappa shape index (κ1) is 26.6. The van der Waals surface area contributed by atoms with Gasteiger partial charge in [-0.1, -0.05) is 45.9 Å². The molecule has 2 aromatic heterocycles. The Morgan fingerprint density at radius 1 is 0.750 bits per heavy atom. The Kier molecular flexibility index (Phi) is 8.99. The molecule has 36 heavy (non-hydrogen) atoms. The van der Waals surface area contributed by atoms with E-state index in [0.717, 1.165) is 48.8 Å². The summed E-state index contributed by atoms with van der Waals surface area (Å²) in [5, 5.41) is 17.0. The molecule has 0 amide bonds. The highest BCUT2D eigenvalue weighted by Gasteiger charge is 2.38. The van der Waals surface area contributed by atoms with Crippen LogP contribution in [0.4, 0.5) is 9.59 Å². The summed E-state index contributed by atoms with van der Waals surface area (Å²) < 4.78 is 24.1. The molecule has 0 N–H and O–H groups in total. The Hall–Kier alpha value is -2.48. The van der Waals surface area contributed by atoms with Crippen LogP contribution in [-0.4, -0.2) is 80.2 Å². The molecule has 2 aliphatic rings. The molecule has 198 valence electrons. The fourth-order valence-corrected chi connectivity index (χ4v) is 6.00. The van der Waals surface area contributed by atoms with Crippen LogP contribution in [0.3, 0.4) is 0 Å². The van der Waals surface area contributed by atoms with Crippen molar-refractivity contribution < 1.29 is 28.5 Å². The second-order valence-corrected chi connectivity index (χ2v) is 12.0. The number of nitrogens with zero attached hydrogens (tertiary/aromatic N) is 6. The van der Waals surface area contributed by atoms with Crippen LogP contribution < -0.4 is 0 Å². The highest BCUT2D eigenvalue weighted by molar-refractivity contribution is 8.76. The van der Waals surface area contributed by atoms with Gasteiger partial charge in [0, 0.05) is 47.6 Å². The van der Waals surface area contributed by atoms with Crippen molar-refractivity contribution in [2.75, 3.05) is 37.9 Å². The van der Waals surface area contributed by atoms with Crippen molar-refractivity contribution in [1.82, 2.24) is 30.0 Å². The van der Waals surface area contributed by atoms with Gasteiger partial charge in [0.1, 0.15) is 26.4 Å². The van der Waals surface area contributed by atoms with E-state index in [1.807, 2.05) is 21.8 Å². The van der Waals surface area contributed by atoms with E-state index in [1.54, 1.807) is 21.6 Å². The zero-order chi connectivity index (χ0) is 25.4. The first-order chi connectivity index (χ1) is 17.4. The quantitative estimate of drug-likeness (QED) is 0.210. The van der Waals surface area contributed by atoms with Crippen LogP contribution >= 0.6 is 21.6 Å². The Bertz CT molecular complexity index is 930. The lowest BCUT2D eigenvalue weighted by Gasteiger charge is -2.34. The Labute approximate surface area is 217 Å². The predicted molar refractivity (Wildman–Crippen MR) is 132 cm³/mol. The van der Waals surface area contributed by atoms with E-state index in [4.69, 9.17) is 18.9 Å². The first-order valence-corrected chi connectivity index (χ1v) is 14.5. The molecule has 0 spiro atoms. The molecule has 14 heteroatoms. The molecular weight excluding hydrogens is 508 g/mol. The molecule has 2 saturated heterocycles. The largest absolute Gasteiger partial charge is 0.508 e. The molecule has 0 aromatic carbocycles. The maximum Gasteiger partial charge on any atom is 0.508 e. The predicted octanol–water partition coefficient (Wildman–Crippen LogP) is 3.16. The lowest BCUT2D eigenvalue weighted by Crippen LogP contribution is -2.40. The number of aromatic nitrogens is 6. The monoisotopic (exact) mass is 540 g/mol. The number of ether oxygens (including phenoxy) is 4. The van der Waals surface area contributed by atoms with Crippen molar-refractivity contribution in [3.8, 4) is 0 Å². The number of carbonyl (C=O) groups excluding carboxylic acids is 2. The van der Waals surface area contributed by atoms with E-state index in [0.29, 0.717) is 39.3 Å². The number of hydrogen-bond acceptors (Lipinski definition) is 12. The van der Waals surface area contributed by atoms with Crippen molar-refractivity contribution >= 4 is 33.9 Å². The molecule has 4 heterocycles. The summed E-state index contributed by atoms with van der Waals surface area (Å²) >= 11 is 0. The molecule has 12 nitrogen and oxygen atoms in total. The van der Waals surface area contributed by atoms with Crippen molar-refractivity contribution in [2.24, 2.45) is 10.8 Å². The summed E-state index contributed by atoms with van der Waals surface area (Å²) in [6.07, 6.45) is 5.69. The molecular formula is C22H32N6O6S2. The van der Waals surface area contributed by atoms with E-state index in [-0.39, 0.29) is 10.8 Å². The van der Waals surface area contributed by atoms with Gasteiger partial charge in [-0.2, -0.15) is 0 Å². The lowest BCUT2D eigenvalue weighted by atomic mass is 9.82. The number of carbonyl (C=O) groups is 2. The van der Waals surface area contributed by atoms with Gasteiger partial charge >= 0.3 is 12.3 Å².